The Hall–Kier alpha value is -5.71. The van der Waals surface area contributed by atoms with Gasteiger partial charge in [-0.05, 0) is 110 Å². The van der Waals surface area contributed by atoms with Gasteiger partial charge in [-0.15, -0.1) is 0 Å². The Kier molecular flexibility index (Phi) is 20.7. The Morgan fingerprint density at radius 1 is 0.716 bits per heavy atom. The summed E-state index contributed by atoms with van der Waals surface area (Å²) in [6, 6.07) is 14.9. The van der Waals surface area contributed by atoms with Crippen molar-refractivity contribution < 1.29 is 50.5 Å². The van der Waals surface area contributed by atoms with E-state index in [1.54, 1.807) is 32.9 Å². The first-order chi connectivity index (χ1) is 31.3. The lowest BCUT2D eigenvalue weighted by atomic mass is 10.0. The number of benzene rings is 3. The highest BCUT2D eigenvalue weighted by atomic mass is 32.2. The normalized spacial score (nSPS) is 13.1. The molecule has 20 nitrogen and oxygen atoms in total. The fraction of sp³-hybridized carbons (Fsp3) is 0.533. The molecule has 0 radical (unpaired) electrons. The van der Waals surface area contributed by atoms with Crippen molar-refractivity contribution in [2.24, 2.45) is 0 Å². The van der Waals surface area contributed by atoms with Gasteiger partial charge in [0.05, 0.1) is 9.85 Å². The molecule has 3 N–H and O–H groups in total. The van der Waals surface area contributed by atoms with Crippen molar-refractivity contribution in [1.82, 2.24) is 24.6 Å². The molecule has 0 aromatic heterocycles. The standard InChI is InChI=1S/C45H65N7O13S2/c1-9-17-41(53)48-36(32-34-22-24-35(25-23-34)64-44(3,4)5)42(54)46-27-14-15-29-49(66(60,61)39-20-12-10-18-37(39)51(56)57)31-26-33(2)50(30-16-28-47-43(55)65-45(6,7)8)67(62,63)40-21-13-11-19-38(40)52(58)59/h10-13,18-25,33,36H,9,14-17,26-32H2,1-8H3,(H,46,54)(H,47,55)(H,48,53). The zero-order chi connectivity index (χ0) is 50.2. The molecule has 0 aliphatic rings. The van der Waals surface area contributed by atoms with Gasteiger partial charge in [0, 0.05) is 63.7 Å². The zero-order valence-electron chi connectivity index (χ0n) is 39.5. The summed E-state index contributed by atoms with van der Waals surface area (Å²) in [4.78, 5) is 59.6. The van der Waals surface area contributed by atoms with Gasteiger partial charge in [0.25, 0.3) is 11.4 Å². The first-order valence-corrected chi connectivity index (χ1v) is 25.0. The molecule has 370 valence electrons. The van der Waals surface area contributed by atoms with E-state index in [2.05, 4.69) is 16.0 Å². The molecule has 67 heavy (non-hydrogen) atoms. The summed E-state index contributed by atoms with van der Waals surface area (Å²) in [6.07, 6.45) is 0.476. The largest absolute Gasteiger partial charge is 0.488 e. The average Bonchev–Trinajstić information content (AvgIpc) is 3.23. The van der Waals surface area contributed by atoms with E-state index in [0.717, 1.165) is 38.4 Å². The topological polar surface area (TPSA) is 267 Å². The lowest BCUT2D eigenvalue weighted by Crippen LogP contribution is -2.48. The third-order valence-electron chi connectivity index (χ3n) is 9.89. The Labute approximate surface area is 393 Å². The van der Waals surface area contributed by atoms with Crippen LogP contribution in [0.4, 0.5) is 16.2 Å². The minimum atomic E-state index is -4.62. The van der Waals surface area contributed by atoms with Crippen molar-refractivity contribution >= 4 is 49.3 Å². The second-order valence-electron chi connectivity index (χ2n) is 17.8. The summed E-state index contributed by atoms with van der Waals surface area (Å²) in [5.74, 6) is -0.115. The molecule has 0 saturated heterocycles. The highest BCUT2D eigenvalue weighted by molar-refractivity contribution is 7.89. The van der Waals surface area contributed by atoms with Gasteiger partial charge in [0.2, 0.25) is 31.9 Å². The van der Waals surface area contributed by atoms with Gasteiger partial charge >= 0.3 is 6.09 Å². The Morgan fingerprint density at radius 2 is 1.27 bits per heavy atom. The SMILES string of the molecule is CCCC(=O)NC(Cc1ccc(OC(C)(C)C)cc1)C(=O)NCCCCN(CCC(C)N(CCCNC(=O)OC(C)(C)C)S(=O)(=O)c1ccccc1[N+](=O)[O-])S(=O)(=O)c1ccccc1[N+](=O)[O-]. The molecule has 0 spiro atoms. The van der Waals surface area contributed by atoms with Crippen LogP contribution in [0, 0.1) is 20.2 Å². The lowest BCUT2D eigenvalue weighted by Gasteiger charge is -2.30. The van der Waals surface area contributed by atoms with Crippen LogP contribution >= 0.6 is 0 Å². The number of rotatable bonds is 26. The molecule has 0 aliphatic carbocycles. The highest BCUT2D eigenvalue weighted by Crippen LogP contribution is 2.30. The highest BCUT2D eigenvalue weighted by Gasteiger charge is 2.36. The third kappa shape index (κ3) is 17.8. The van der Waals surface area contributed by atoms with Crippen LogP contribution in [0.3, 0.4) is 0 Å². The van der Waals surface area contributed by atoms with Crippen molar-refractivity contribution in [1.29, 1.82) is 0 Å². The van der Waals surface area contributed by atoms with Gasteiger partial charge in [0.15, 0.2) is 9.79 Å². The Bertz CT molecular complexity index is 2390. The molecule has 3 aromatic rings. The molecule has 3 aromatic carbocycles. The molecule has 2 unspecified atom stereocenters. The monoisotopic (exact) mass is 975 g/mol. The summed E-state index contributed by atoms with van der Waals surface area (Å²) in [7, 11) is -9.22. The number of ether oxygens (including phenoxy) is 2. The number of unbranched alkanes of at least 4 members (excludes halogenated alkanes) is 1. The number of carbonyl (C=O) groups is 3. The molecule has 3 rings (SSSR count). The summed E-state index contributed by atoms with van der Waals surface area (Å²) in [5.41, 5.74) is -1.78. The summed E-state index contributed by atoms with van der Waals surface area (Å²) < 4.78 is 70.2. The maximum absolute atomic E-state index is 14.3. The Balaban J connectivity index is 1.85. The van der Waals surface area contributed by atoms with E-state index in [4.69, 9.17) is 9.47 Å². The maximum Gasteiger partial charge on any atom is 0.407 e. The summed E-state index contributed by atoms with van der Waals surface area (Å²) in [6.45, 7) is 13.4. The van der Waals surface area contributed by atoms with E-state index in [1.807, 2.05) is 39.8 Å². The van der Waals surface area contributed by atoms with Crippen LogP contribution in [-0.4, -0.2) is 109 Å². The van der Waals surface area contributed by atoms with Gasteiger partial charge in [-0.2, -0.15) is 8.61 Å². The number of sulfonamides is 2. The van der Waals surface area contributed by atoms with Crippen molar-refractivity contribution in [2.45, 2.75) is 133 Å². The Morgan fingerprint density at radius 3 is 1.81 bits per heavy atom. The van der Waals surface area contributed by atoms with E-state index in [9.17, 15) is 51.4 Å². The second-order valence-corrected chi connectivity index (χ2v) is 21.6. The van der Waals surface area contributed by atoms with Gasteiger partial charge < -0.3 is 25.4 Å². The predicted molar refractivity (Wildman–Crippen MR) is 251 cm³/mol. The first-order valence-electron chi connectivity index (χ1n) is 22.1. The number of nitrogens with zero attached hydrogens (tertiary/aromatic N) is 4. The van der Waals surface area contributed by atoms with Crippen molar-refractivity contribution in [3.05, 3.63) is 98.6 Å². The number of hydrogen-bond donors (Lipinski definition) is 3. The fourth-order valence-corrected chi connectivity index (χ4v) is 10.3. The number of nitro groups is 2. The average molecular weight is 976 g/mol. The number of nitro benzene ring substituents is 2. The van der Waals surface area contributed by atoms with Crippen molar-refractivity contribution in [2.75, 3.05) is 32.7 Å². The molecule has 0 heterocycles. The smallest absolute Gasteiger partial charge is 0.407 e. The molecule has 0 fully saturated rings. The van der Waals surface area contributed by atoms with E-state index in [0.29, 0.717) is 12.2 Å². The predicted octanol–water partition coefficient (Wildman–Crippen LogP) is 6.48. The molecule has 0 aliphatic heterocycles. The number of nitrogens with one attached hydrogen (secondary N) is 3. The molecule has 0 bridgehead atoms. The zero-order valence-corrected chi connectivity index (χ0v) is 41.1. The van der Waals surface area contributed by atoms with Crippen molar-refractivity contribution in [3.8, 4) is 5.75 Å². The van der Waals surface area contributed by atoms with E-state index >= 15 is 0 Å². The van der Waals surface area contributed by atoms with Crippen LogP contribution in [0.15, 0.2) is 82.6 Å². The van der Waals surface area contributed by atoms with Gasteiger partial charge in [-0.25, -0.2) is 21.6 Å². The molecule has 2 atom stereocenters. The second kappa shape index (κ2) is 24.9. The fourth-order valence-electron chi connectivity index (χ4n) is 6.80. The molecule has 0 saturated carbocycles. The van der Waals surface area contributed by atoms with Crippen LogP contribution in [0.5, 0.6) is 5.75 Å². The molecular formula is C45H65N7O13S2. The number of hydrogen-bond acceptors (Lipinski definition) is 13. The minimum Gasteiger partial charge on any atom is -0.488 e. The van der Waals surface area contributed by atoms with Gasteiger partial charge in [-0.3, -0.25) is 29.8 Å². The summed E-state index contributed by atoms with van der Waals surface area (Å²) in [5, 5.41) is 32.1. The molecular weight excluding hydrogens is 911 g/mol. The van der Waals surface area contributed by atoms with E-state index < -0.39 is 86.3 Å². The van der Waals surface area contributed by atoms with Crippen LogP contribution in [0.2, 0.25) is 0 Å². The number of amides is 3. The third-order valence-corrected chi connectivity index (χ3v) is 13.9. The molecule has 3 amide bonds. The van der Waals surface area contributed by atoms with Crippen LogP contribution in [0.25, 0.3) is 0 Å². The van der Waals surface area contributed by atoms with Crippen LogP contribution in [-0.2, 0) is 40.8 Å². The van der Waals surface area contributed by atoms with Gasteiger partial charge in [0.1, 0.15) is 23.0 Å². The lowest BCUT2D eigenvalue weighted by molar-refractivity contribution is -0.388. The van der Waals surface area contributed by atoms with E-state index in [1.165, 1.54) is 31.2 Å². The summed E-state index contributed by atoms with van der Waals surface area (Å²) >= 11 is 0. The molecule has 22 heteroatoms. The van der Waals surface area contributed by atoms with Gasteiger partial charge in [-0.1, -0.05) is 43.3 Å². The number of carbonyl (C=O) groups excluding carboxylic acids is 3. The van der Waals surface area contributed by atoms with Crippen molar-refractivity contribution in [3.63, 3.8) is 0 Å². The maximum atomic E-state index is 14.3. The van der Waals surface area contributed by atoms with Crippen LogP contribution in [0.1, 0.15) is 99.5 Å². The first kappa shape index (κ1) is 55.6. The number of para-hydroxylation sites is 2. The minimum absolute atomic E-state index is 0.0364. The van der Waals surface area contributed by atoms with E-state index in [-0.39, 0.29) is 77.2 Å². The quantitative estimate of drug-likeness (QED) is 0.0442. The number of alkyl carbamates (subject to hydrolysis) is 1. The van der Waals surface area contributed by atoms with Crippen LogP contribution < -0.4 is 20.7 Å².